The minimum Gasteiger partial charge on any atom is -0.490 e. The summed E-state index contributed by atoms with van der Waals surface area (Å²) in [5.74, 6) is -0.252. The lowest BCUT2D eigenvalue weighted by atomic mass is 10.2. The Morgan fingerprint density at radius 1 is 1.60 bits per heavy atom. The van der Waals surface area contributed by atoms with Gasteiger partial charge in [-0.05, 0) is 34.5 Å². The lowest BCUT2D eigenvalue weighted by Crippen LogP contribution is -2.11. The van der Waals surface area contributed by atoms with Gasteiger partial charge in [-0.15, -0.1) is 0 Å². The summed E-state index contributed by atoms with van der Waals surface area (Å²) >= 11 is 7.88. The molecular weight excluding hydrogens is 281 g/mol. The maximum atomic E-state index is 13.7. The molecule has 0 saturated carbocycles. The highest BCUT2D eigenvalue weighted by Crippen LogP contribution is 2.28. The first kappa shape index (κ1) is 12.4. The number of nitrogens with two attached hydrogens (primary N) is 1. The van der Waals surface area contributed by atoms with Gasteiger partial charge in [0.1, 0.15) is 4.99 Å². The molecule has 0 aliphatic rings. The number of halogens is 2. The van der Waals surface area contributed by atoms with Gasteiger partial charge in [-0.3, -0.25) is 0 Å². The molecule has 82 valence electrons. The van der Waals surface area contributed by atoms with Crippen LogP contribution in [-0.4, -0.2) is 11.6 Å². The van der Waals surface area contributed by atoms with E-state index in [1.54, 1.807) is 6.07 Å². The fourth-order valence-electron chi connectivity index (χ4n) is 1.05. The van der Waals surface area contributed by atoms with Crippen LogP contribution in [0.4, 0.5) is 4.39 Å². The molecule has 1 aromatic rings. The molecule has 0 aliphatic carbocycles. The van der Waals surface area contributed by atoms with Crippen molar-refractivity contribution in [3.8, 4) is 5.75 Å². The van der Waals surface area contributed by atoms with Crippen molar-refractivity contribution in [2.24, 2.45) is 5.73 Å². The monoisotopic (exact) mass is 291 g/mol. The van der Waals surface area contributed by atoms with Crippen LogP contribution in [0.15, 0.2) is 16.6 Å². The second-order valence-corrected chi connectivity index (χ2v) is 4.18. The minimum absolute atomic E-state index is 0.155. The number of thiocarbonyl (C=S) groups is 1. The quantitative estimate of drug-likeness (QED) is 0.866. The van der Waals surface area contributed by atoms with Gasteiger partial charge in [0.2, 0.25) is 0 Å². The molecule has 1 aromatic carbocycles. The van der Waals surface area contributed by atoms with Crippen LogP contribution < -0.4 is 10.5 Å². The number of hydrogen-bond donors (Lipinski definition) is 1. The van der Waals surface area contributed by atoms with Gasteiger partial charge >= 0.3 is 0 Å². The van der Waals surface area contributed by atoms with Crippen LogP contribution in [0.2, 0.25) is 0 Å². The Bertz CT molecular complexity index is 384. The maximum absolute atomic E-state index is 13.7. The first-order valence-electron chi connectivity index (χ1n) is 4.48. The Labute approximate surface area is 102 Å². The fourth-order valence-corrected chi connectivity index (χ4v) is 1.89. The van der Waals surface area contributed by atoms with Gasteiger partial charge in [-0.2, -0.15) is 0 Å². The molecule has 15 heavy (non-hydrogen) atoms. The Morgan fingerprint density at radius 3 is 2.80 bits per heavy atom. The van der Waals surface area contributed by atoms with Crippen molar-refractivity contribution in [2.45, 2.75) is 13.3 Å². The normalized spacial score (nSPS) is 10.1. The lowest BCUT2D eigenvalue weighted by Gasteiger charge is -2.09. The Morgan fingerprint density at radius 2 is 2.27 bits per heavy atom. The van der Waals surface area contributed by atoms with E-state index in [9.17, 15) is 4.39 Å². The highest BCUT2D eigenvalue weighted by molar-refractivity contribution is 9.10. The molecule has 5 heteroatoms. The van der Waals surface area contributed by atoms with E-state index >= 15 is 0 Å². The molecule has 0 heterocycles. The van der Waals surface area contributed by atoms with Crippen LogP contribution in [0.5, 0.6) is 5.75 Å². The summed E-state index contributed by atoms with van der Waals surface area (Å²) in [5, 5.41) is 0. The number of benzene rings is 1. The van der Waals surface area contributed by atoms with Crippen molar-refractivity contribution < 1.29 is 9.13 Å². The van der Waals surface area contributed by atoms with Gasteiger partial charge in [-0.1, -0.05) is 19.1 Å². The average molecular weight is 292 g/mol. The fraction of sp³-hybridized carbons (Fsp3) is 0.300. The highest BCUT2D eigenvalue weighted by atomic mass is 79.9. The third-order valence-electron chi connectivity index (χ3n) is 1.77. The van der Waals surface area contributed by atoms with E-state index in [-0.39, 0.29) is 15.2 Å². The van der Waals surface area contributed by atoms with Crippen LogP contribution >= 0.6 is 28.1 Å². The van der Waals surface area contributed by atoms with Crippen LogP contribution in [0.25, 0.3) is 0 Å². The third kappa shape index (κ3) is 2.89. The van der Waals surface area contributed by atoms with E-state index in [4.69, 9.17) is 22.7 Å². The SMILES string of the molecule is CCCOc1ccc(C(N)=S)c(Br)c1F. The standard InChI is InChI=1S/C10H11BrFNOS/c1-2-5-14-7-4-3-6(10(13)15)8(11)9(7)12/h3-4H,2,5H2,1H3,(H2,13,15). The topological polar surface area (TPSA) is 35.2 Å². The number of ether oxygens (including phenoxy) is 1. The van der Waals surface area contributed by atoms with E-state index in [0.29, 0.717) is 12.2 Å². The molecule has 2 nitrogen and oxygen atoms in total. The summed E-state index contributed by atoms with van der Waals surface area (Å²) in [6.45, 7) is 2.44. The van der Waals surface area contributed by atoms with Crippen LogP contribution in [0.3, 0.4) is 0 Å². The van der Waals surface area contributed by atoms with E-state index in [1.165, 1.54) is 6.07 Å². The zero-order chi connectivity index (χ0) is 11.4. The van der Waals surface area contributed by atoms with Gasteiger partial charge in [0.05, 0.1) is 11.1 Å². The molecule has 2 N–H and O–H groups in total. The van der Waals surface area contributed by atoms with E-state index in [2.05, 4.69) is 15.9 Å². The zero-order valence-electron chi connectivity index (χ0n) is 8.22. The molecule has 0 aromatic heterocycles. The van der Waals surface area contributed by atoms with E-state index in [1.807, 2.05) is 6.92 Å². The van der Waals surface area contributed by atoms with Crippen molar-refractivity contribution in [3.05, 3.63) is 28.0 Å². The predicted molar refractivity (Wildman–Crippen MR) is 65.8 cm³/mol. The van der Waals surface area contributed by atoms with Crippen LogP contribution in [0.1, 0.15) is 18.9 Å². The number of hydrogen-bond acceptors (Lipinski definition) is 2. The molecule has 0 fully saturated rings. The first-order chi connectivity index (χ1) is 7.07. The van der Waals surface area contributed by atoms with Crippen LogP contribution in [0, 0.1) is 5.82 Å². The first-order valence-corrected chi connectivity index (χ1v) is 5.68. The molecule has 0 bridgehead atoms. The van der Waals surface area contributed by atoms with E-state index in [0.717, 1.165) is 6.42 Å². The smallest absolute Gasteiger partial charge is 0.179 e. The molecule has 0 unspecified atom stereocenters. The molecule has 0 spiro atoms. The summed E-state index contributed by atoms with van der Waals surface area (Å²) in [6, 6.07) is 3.17. The molecule has 0 amide bonds. The third-order valence-corrected chi connectivity index (χ3v) is 2.77. The molecule has 0 saturated heterocycles. The summed E-state index contributed by atoms with van der Waals surface area (Å²) in [5.41, 5.74) is 5.91. The summed E-state index contributed by atoms with van der Waals surface area (Å²) < 4.78 is 19.1. The van der Waals surface area contributed by atoms with Gasteiger partial charge in [-0.25, -0.2) is 4.39 Å². The van der Waals surface area contributed by atoms with Gasteiger partial charge in [0.15, 0.2) is 11.6 Å². The highest BCUT2D eigenvalue weighted by Gasteiger charge is 2.13. The van der Waals surface area contributed by atoms with E-state index < -0.39 is 5.82 Å². The largest absolute Gasteiger partial charge is 0.490 e. The van der Waals surface area contributed by atoms with Crippen molar-refractivity contribution in [2.75, 3.05) is 6.61 Å². The van der Waals surface area contributed by atoms with Crippen molar-refractivity contribution in [1.82, 2.24) is 0 Å². The Balaban J connectivity index is 3.04. The molecule has 0 atom stereocenters. The van der Waals surface area contributed by atoms with Crippen LogP contribution in [-0.2, 0) is 0 Å². The summed E-state index contributed by atoms with van der Waals surface area (Å²) in [6.07, 6.45) is 0.827. The molecule has 1 rings (SSSR count). The molecule has 0 aliphatic heterocycles. The Kier molecular flexibility index (Phi) is 4.47. The average Bonchev–Trinajstić information content (AvgIpc) is 2.20. The lowest BCUT2D eigenvalue weighted by molar-refractivity contribution is 0.300. The minimum atomic E-state index is -0.464. The van der Waals surface area contributed by atoms with Crippen molar-refractivity contribution in [3.63, 3.8) is 0 Å². The molecular formula is C10H11BrFNOS. The summed E-state index contributed by atoms with van der Waals surface area (Å²) in [4.78, 5) is 0.155. The van der Waals surface area contributed by atoms with Gasteiger partial charge in [0, 0.05) is 5.56 Å². The maximum Gasteiger partial charge on any atom is 0.179 e. The van der Waals surface area contributed by atoms with Crippen molar-refractivity contribution >= 4 is 33.1 Å². The predicted octanol–water partition coefficient (Wildman–Crippen LogP) is 3.01. The number of rotatable bonds is 4. The zero-order valence-corrected chi connectivity index (χ0v) is 10.6. The second-order valence-electron chi connectivity index (χ2n) is 2.95. The second kappa shape index (κ2) is 5.42. The van der Waals surface area contributed by atoms with Crippen molar-refractivity contribution in [1.29, 1.82) is 0 Å². The summed E-state index contributed by atoms with van der Waals surface area (Å²) in [7, 11) is 0. The van der Waals surface area contributed by atoms with Gasteiger partial charge in [0.25, 0.3) is 0 Å². The Hall–Kier alpha value is -0.680. The van der Waals surface area contributed by atoms with Gasteiger partial charge < -0.3 is 10.5 Å². The molecule has 0 radical (unpaired) electrons.